The van der Waals surface area contributed by atoms with Crippen molar-refractivity contribution < 1.29 is 0 Å². The molecule has 0 aromatic carbocycles. The SMILES string of the molecule is CC(C)CN(C/C=C/C#N)CC(C)C. The highest BCUT2D eigenvalue weighted by molar-refractivity contribution is 5.02. The summed E-state index contributed by atoms with van der Waals surface area (Å²) in [5, 5.41) is 8.39. The van der Waals surface area contributed by atoms with Gasteiger partial charge in [-0.1, -0.05) is 33.8 Å². The minimum absolute atomic E-state index is 0.684. The zero-order valence-electron chi connectivity index (χ0n) is 9.83. The molecule has 0 heterocycles. The molecule has 0 aromatic rings. The van der Waals surface area contributed by atoms with Crippen molar-refractivity contribution in [1.82, 2.24) is 4.90 Å². The standard InChI is InChI=1S/C12H22N2/c1-11(2)9-14(10-12(3)4)8-6-5-7-13/h5-6,11-12H,8-10H2,1-4H3/b6-5+. The molecule has 0 fully saturated rings. The van der Waals surface area contributed by atoms with Gasteiger partial charge in [0.25, 0.3) is 0 Å². The monoisotopic (exact) mass is 194 g/mol. The van der Waals surface area contributed by atoms with Crippen LogP contribution in [0.25, 0.3) is 0 Å². The smallest absolute Gasteiger partial charge is 0.0909 e. The predicted octanol–water partition coefficient (Wildman–Crippen LogP) is 2.68. The first kappa shape index (κ1) is 13.2. The lowest BCUT2D eigenvalue weighted by atomic mass is 10.1. The van der Waals surface area contributed by atoms with E-state index in [-0.39, 0.29) is 0 Å². The number of nitriles is 1. The van der Waals surface area contributed by atoms with Gasteiger partial charge in [-0.3, -0.25) is 4.90 Å². The number of rotatable bonds is 6. The van der Waals surface area contributed by atoms with Crippen LogP contribution in [0.1, 0.15) is 27.7 Å². The van der Waals surface area contributed by atoms with Gasteiger partial charge in [-0.2, -0.15) is 5.26 Å². The molecule has 0 saturated carbocycles. The molecule has 2 heteroatoms. The highest BCUT2D eigenvalue weighted by atomic mass is 15.1. The van der Waals surface area contributed by atoms with Crippen molar-refractivity contribution in [3.05, 3.63) is 12.2 Å². The van der Waals surface area contributed by atoms with Crippen molar-refractivity contribution in [2.24, 2.45) is 11.8 Å². The van der Waals surface area contributed by atoms with Crippen LogP contribution in [0, 0.1) is 23.2 Å². The largest absolute Gasteiger partial charge is 0.299 e. The third kappa shape index (κ3) is 7.82. The lowest BCUT2D eigenvalue weighted by Gasteiger charge is -2.24. The third-order valence-electron chi connectivity index (χ3n) is 1.80. The van der Waals surface area contributed by atoms with Gasteiger partial charge in [-0.15, -0.1) is 0 Å². The summed E-state index contributed by atoms with van der Waals surface area (Å²) < 4.78 is 0. The van der Waals surface area contributed by atoms with E-state index < -0.39 is 0 Å². The summed E-state index contributed by atoms with van der Waals surface area (Å²) in [6.45, 7) is 12.0. The molecule has 0 radical (unpaired) electrons. The fraction of sp³-hybridized carbons (Fsp3) is 0.750. The van der Waals surface area contributed by atoms with Gasteiger partial charge >= 0.3 is 0 Å². The Labute approximate surface area is 88.2 Å². The van der Waals surface area contributed by atoms with E-state index >= 15 is 0 Å². The van der Waals surface area contributed by atoms with Crippen molar-refractivity contribution in [2.75, 3.05) is 19.6 Å². The molecule has 0 rings (SSSR count). The van der Waals surface area contributed by atoms with Crippen molar-refractivity contribution in [2.45, 2.75) is 27.7 Å². The van der Waals surface area contributed by atoms with Gasteiger partial charge in [-0.05, 0) is 11.8 Å². The van der Waals surface area contributed by atoms with E-state index in [1.54, 1.807) is 6.08 Å². The summed E-state index contributed by atoms with van der Waals surface area (Å²) in [5.74, 6) is 1.37. The average molecular weight is 194 g/mol. The first-order valence-electron chi connectivity index (χ1n) is 5.33. The molecular formula is C12H22N2. The summed E-state index contributed by atoms with van der Waals surface area (Å²) >= 11 is 0. The van der Waals surface area contributed by atoms with Crippen LogP contribution in [-0.2, 0) is 0 Å². The molecule has 0 aliphatic carbocycles. The lowest BCUT2D eigenvalue weighted by molar-refractivity contribution is 0.241. The zero-order valence-corrected chi connectivity index (χ0v) is 9.83. The first-order chi connectivity index (χ1) is 6.56. The molecule has 14 heavy (non-hydrogen) atoms. The van der Waals surface area contributed by atoms with Gasteiger partial charge in [-0.25, -0.2) is 0 Å². The molecule has 0 aliphatic rings. The lowest BCUT2D eigenvalue weighted by Crippen LogP contribution is -2.31. The Hall–Kier alpha value is -0.810. The van der Waals surface area contributed by atoms with Gasteiger partial charge in [0.2, 0.25) is 0 Å². The molecule has 0 amide bonds. The minimum atomic E-state index is 0.684. The van der Waals surface area contributed by atoms with Crippen molar-refractivity contribution in [1.29, 1.82) is 5.26 Å². The molecule has 0 spiro atoms. The first-order valence-corrected chi connectivity index (χ1v) is 5.33. The fourth-order valence-corrected chi connectivity index (χ4v) is 1.51. The van der Waals surface area contributed by atoms with E-state index in [0.717, 1.165) is 19.6 Å². The maximum absolute atomic E-state index is 8.39. The third-order valence-corrected chi connectivity index (χ3v) is 1.80. The molecule has 2 nitrogen and oxygen atoms in total. The minimum Gasteiger partial charge on any atom is -0.299 e. The van der Waals surface area contributed by atoms with E-state index in [2.05, 4.69) is 32.6 Å². The van der Waals surface area contributed by atoms with Crippen molar-refractivity contribution in [3.8, 4) is 6.07 Å². The van der Waals surface area contributed by atoms with Crippen LogP contribution in [0.2, 0.25) is 0 Å². The van der Waals surface area contributed by atoms with Gasteiger partial charge in [0.05, 0.1) is 6.07 Å². The Bertz CT molecular complexity index is 189. The number of allylic oxidation sites excluding steroid dienone is 1. The zero-order chi connectivity index (χ0) is 11.0. The summed E-state index contributed by atoms with van der Waals surface area (Å²) in [5.41, 5.74) is 0. The van der Waals surface area contributed by atoms with Crippen LogP contribution < -0.4 is 0 Å². The van der Waals surface area contributed by atoms with Gasteiger partial charge < -0.3 is 0 Å². The van der Waals surface area contributed by atoms with E-state index in [0.29, 0.717) is 11.8 Å². The molecule has 0 unspecified atom stereocenters. The summed E-state index contributed by atoms with van der Waals surface area (Å²) in [4.78, 5) is 2.39. The maximum atomic E-state index is 8.39. The second-order valence-electron chi connectivity index (χ2n) is 4.54. The van der Waals surface area contributed by atoms with E-state index in [9.17, 15) is 0 Å². The van der Waals surface area contributed by atoms with Gasteiger partial charge in [0, 0.05) is 25.7 Å². The quantitative estimate of drug-likeness (QED) is 0.608. The van der Waals surface area contributed by atoms with Crippen molar-refractivity contribution in [3.63, 3.8) is 0 Å². The number of hydrogen-bond acceptors (Lipinski definition) is 2. The Morgan fingerprint density at radius 2 is 1.64 bits per heavy atom. The average Bonchev–Trinajstić information content (AvgIpc) is 2.02. The molecule has 0 saturated heterocycles. The van der Waals surface area contributed by atoms with Crippen LogP contribution in [0.3, 0.4) is 0 Å². The maximum Gasteiger partial charge on any atom is 0.0909 e. The summed E-state index contributed by atoms with van der Waals surface area (Å²) in [6, 6.07) is 2.02. The summed E-state index contributed by atoms with van der Waals surface area (Å²) in [6.07, 6.45) is 3.50. The van der Waals surface area contributed by atoms with Crippen LogP contribution in [0.4, 0.5) is 0 Å². The Morgan fingerprint density at radius 3 is 2.00 bits per heavy atom. The molecule has 0 N–H and O–H groups in total. The predicted molar refractivity (Wildman–Crippen MR) is 60.9 cm³/mol. The molecule has 0 aromatic heterocycles. The highest BCUT2D eigenvalue weighted by Crippen LogP contribution is 2.03. The molecule has 0 aliphatic heterocycles. The Balaban J connectivity index is 3.98. The Morgan fingerprint density at radius 1 is 1.14 bits per heavy atom. The van der Waals surface area contributed by atoms with E-state index in [1.165, 1.54) is 0 Å². The normalized spacial score (nSPS) is 11.9. The van der Waals surface area contributed by atoms with E-state index in [4.69, 9.17) is 5.26 Å². The highest BCUT2D eigenvalue weighted by Gasteiger charge is 2.07. The number of hydrogen-bond donors (Lipinski definition) is 0. The summed E-state index contributed by atoms with van der Waals surface area (Å²) in [7, 11) is 0. The fourth-order valence-electron chi connectivity index (χ4n) is 1.51. The molecule has 0 atom stereocenters. The second kappa shape index (κ2) is 7.58. The van der Waals surface area contributed by atoms with E-state index in [1.807, 2.05) is 12.1 Å². The van der Waals surface area contributed by atoms with Crippen molar-refractivity contribution >= 4 is 0 Å². The molecular weight excluding hydrogens is 172 g/mol. The second-order valence-corrected chi connectivity index (χ2v) is 4.54. The van der Waals surface area contributed by atoms with Crippen LogP contribution in [0.15, 0.2) is 12.2 Å². The van der Waals surface area contributed by atoms with Crippen LogP contribution >= 0.6 is 0 Å². The van der Waals surface area contributed by atoms with Gasteiger partial charge in [0.15, 0.2) is 0 Å². The molecule has 80 valence electrons. The Kier molecular flexibility index (Phi) is 7.14. The topological polar surface area (TPSA) is 27.0 Å². The molecule has 0 bridgehead atoms. The van der Waals surface area contributed by atoms with Crippen LogP contribution in [0.5, 0.6) is 0 Å². The van der Waals surface area contributed by atoms with Gasteiger partial charge in [0.1, 0.15) is 0 Å². The van der Waals surface area contributed by atoms with Crippen LogP contribution in [-0.4, -0.2) is 24.5 Å². The number of nitrogens with zero attached hydrogens (tertiary/aromatic N) is 2.